The Labute approximate surface area is 243 Å². The van der Waals surface area contributed by atoms with Crippen LogP contribution in [-0.2, 0) is 0 Å². The van der Waals surface area contributed by atoms with Crippen molar-refractivity contribution in [2.45, 2.75) is 142 Å². The first-order valence-corrected chi connectivity index (χ1v) is 16.2. The second-order valence-corrected chi connectivity index (χ2v) is 11.0. The molecular weight excluding hydrogens is 500 g/mol. The summed E-state index contributed by atoms with van der Waals surface area (Å²) >= 11 is 0. The lowest BCUT2D eigenvalue weighted by Gasteiger charge is -2.14. The Morgan fingerprint density at radius 2 is 0.775 bits per heavy atom. The second kappa shape index (κ2) is 22.1. The van der Waals surface area contributed by atoms with Gasteiger partial charge in [-0.05, 0) is 12.8 Å². The lowest BCUT2D eigenvalue weighted by atomic mass is 10.1. The van der Waals surface area contributed by atoms with Gasteiger partial charge in [-0.2, -0.15) is 9.97 Å². The van der Waals surface area contributed by atoms with Gasteiger partial charge in [0.2, 0.25) is 23.7 Å². The lowest BCUT2D eigenvalue weighted by Crippen LogP contribution is -2.07. The minimum atomic E-state index is 0.172. The predicted octanol–water partition coefficient (Wildman–Crippen LogP) is 8.70. The molecule has 0 unspecified atom stereocenters. The van der Waals surface area contributed by atoms with Crippen molar-refractivity contribution in [3.8, 4) is 22.9 Å². The van der Waals surface area contributed by atoms with Crippen molar-refractivity contribution in [3.05, 3.63) is 12.4 Å². The van der Waals surface area contributed by atoms with Gasteiger partial charge in [0.25, 0.3) is 0 Å². The summed E-state index contributed by atoms with van der Waals surface area (Å²) in [6.45, 7) is 5.67. The zero-order chi connectivity index (χ0) is 28.7. The molecule has 40 heavy (non-hydrogen) atoms. The Morgan fingerprint density at radius 3 is 1.10 bits per heavy atom. The minimum absolute atomic E-state index is 0.172. The molecule has 0 aliphatic rings. The van der Waals surface area contributed by atoms with Gasteiger partial charge < -0.3 is 20.9 Å². The third-order valence-electron chi connectivity index (χ3n) is 7.31. The van der Waals surface area contributed by atoms with Crippen LogP contribution in [0.5, 0.6) is 11.8 Å². The summed E-state index contributed by atoms with van der Waals surface area (Å²) < 4.78 is 12.1. The smallest absolute Gasteiger partial charge is 0.226 e. The van der Waals surface area contributed by atoms with Gasteiger partial charge in [0, 0.05) is 12.4 Å². The van der Waals surface area contributed by atoms with Crippen LogP contribution in [0.3, 0.4) is 0 Å². The van der Waals surface area contributed by atoms with Gasteiger partial charge >= 0.3 is 0 Å². The quantitative estimate of drug-likeness (QED) is 0.116. The van der Waals surface area contributed by atoms with Crippen LogP contribution in [-0.4, -0.2) is 33.1 Å². The van der Waals surface area contributed by atoms with Gasteiger partial charge in [0.05, 0.1) is 24.3 Å². The van der Waals surface area contributed by atoms with Gasteiger partial charge in [0.15, 0.2) is 0 Å². The van der Waals surface area contributed by atoms with E-state index in [-0.39, 0.29) is 11.9 Å². The molecule has 0 spiro atoms. The van der Waals surface area contributed by atoms with E-state index in [4.69, 9.17) is 20.9 Å². The van der Waals surface area contributed by atoms with E-state index < -0.39 is 0 Å². The van der Waals surface area contributed by atoms with Crippen molar-refractivity contribution in [2.24, 2.45) is 0 Å². The van der Waals surface area contributed by atoms with Crippen molar-refractivity contribution >= 4 is 11.9 Å². The maximum Gasteiger partial charge on any atom is 0.226 e. The fourth-order valence-corrected chi connectivity index (χ4v) is 4.86. The number of nitrogens with zero attached hydrogens (tertiary/aromatic N) is 4. The zero-order valence-corrected chi connectivity index (χ0v) is 25.5. The number of hydrogen-bond donors (Lipinski definition) is 2. The number of nitrogen functional groups attached to an aromatic ring is 2. The Hall–Kier alpha value is -2.64. The van der Waals surface area contributed by atoms with Crippen molar-refractivity contribution in [1.29, 1.82) is 0 Å². The number of ether oxygens (including phenoxy) is 2. The fraction of sp³-hybridized carbons (Fsp3) is 0.750. The first-order valence-electron chi connectivity index (χ1n) is 16.2. The topological polar surface area (TPSA) is 122 Å². The molecule has 4 N–H and O–H groups in total. The second-order valence-electron chi connectivity index (χ2n) is 11.0. The van der Waals surface area contributed by atoms with Crippen LogP contribution < -0.4 is 20.9 Å². The maximum absolute atomic E-state index is 6.07. The fourth-order valence-electron chi connectivity index (χ4n) is 4.86. The molecule has 2 rings (SSSR count). The van der Waals surface area contributed by atoms with Crippen LogP contribution in [0.2, 0.25) is 0 Å². The van der Waals surface area contributed by atoms with E-state index in [1.807, 2.05) is 0 Å². The largest absolute Gasteiger partial charge is 0.477 e. The first kappa shape index (κ1) is 33.6. The predicted molar refractivity (Wildman–Crippen MR) is 167 cm³/mol. The number of hydrogen-bond acceptors (Lipinski definition) is 8. The molecule has 0 aromatic carbocycles. The molecule has 0 aliphatic heterocycles. The summed E-state index contributed by atoms with van der Waals surface area (Å²) in [5.74, 6) is 1.21. The Balaban J connectivity index is 1.77. The molecule has 0 saturated carbocycles. The van der Waals surface area contributed by atoms with Gasteiger partial charge in [0.1, 0.15) is 0 Å². The normalized spacial score (nSPS) is 11.2. The van der Waals surface area contributed by atoms with E-state index in [1.54, 1.807) is 12.4 Å². The Morgan fingerprint density at radius 1 is 0.475 bits per heavy atom. The molecular formula is C32H56N6O2. The third kappa shape index (κ3) is 14.7. The zero-order valence-electron chi connectivity index (χ0n) is 25.5. The molecule has 0 amide bonds. The first-order chi connectivity index (χ1) is 19.7. The minimum Gasteiger partial charge on any atom is -0.477 e. The van der Waals surface area contributed by atoms with Gasteiger partial charge in [-0.3, -0.25) is 0 Å². The van der Waals surface area contributed by atoms with Crippen molar-refractivity contribution in [3.63, 3.8) is 0 Å². The van der Waals surface area contributed by atoms with E-state index in [0.717, 1.165) is 25.7 Å². The number of rotatable bonds is 25. The summed E-state index contributed by atoms with van der Waals surface area (Å²) in [4.78, 5) is 17.1. The average Bonchev–Trinajstić information content (AvgIpc) is 2.95. The molecule has 0 saturated heterocycles. The molecule has 0 fully saturated rings. The molecule has 2 aromatic rings. The molecule has 0 aliphatic carbocycles. The molecule has 0 atom stereocenters. The summed E-state index contributed by atoms with van der Waals surface area (Å²) in [5.41, 5.74) is 13.1. The monoisotopic (exact) mass is 556 g/mol. The molecule has 0 radical (unpaired) electrons. The van der Waals surface area contributed by atoms with Gasteiger partial charge in [-0.25, -0.2) is 9.97 Å². The maximum atomic E-state index is 6.07. The summed E-state index contributed by atoms with van der Waals surface area (Å²) in [5, 5.41) is 0. The highest BCUT2D eigenvalue weighted by molar-refractivity contribution is 5.72. The van der Waals surface area contributed by atoms with Crippen LogP contribution in [0.1, 0.15) is 142 Å². The molecule has 226 valence electrons. The molecule has 8 nitrogen and oxygen atoms in total. The summed E-state index contributed by atoms with van der Waals surface area (Å²) in [7, 11) is 0. The van der Waals surface area contributed by atoms with E-state index in [2.05, 4.69) is 33.8 Å². The number of anilines is 2. The Kier molecular flexibility index (Phi) is 18.5. The highest BCUT2D eigenvalue weighted by Gasteiger charge is 2.17. The van der Waals surface area contributed by atoms with Crippen LogP contribution in [0, 0.1) is 0 Å². The van der Waals surface area contributed by atoms with Crippen LogP contribution >= 0.6 is 0 Å². The van der Waals surface area contributed by atoms with Crippen LogP contribution in [0.4, 0.5) is 11.9 Å². The average molecular weight is 557 g/mol. The number of nitrogens with two attached hydrogens (primary N) is 2. The third-order valence-corrected chi connectivity index (χ3v) is 7.31. The lowest BCUT2D eigenvalue weighted by molar-refractivity contribution is 0.289. The molecule has 2 aromatic heterocycles. The Bertz CT molecular complexity index is 837. The molecule has 0 bridgehead atoms. The SMILES string of the molecule is CCCCCCCCCCCCOc1nc(N)ncc1-c1cnc(N)nc1OCCCCCCCCCCCC. The van der Waals surface area contributed by atoms with Crippen molar-refractivity contribution in [1.82, 2.24) is 19.9 Å². The van der Waals surface area contributed by atoms with E-state index in [1.165, 1.54) is 103 Å². The molecule has 8 heteroatoms. The van der Waals surface area contributed by atoms with E-state index in [9.17, 15) is 0 Å². The van der Waals surface area contributed by atoms with Crippen LogP contribution in [0.15, 0.2) is 12.4 Å². The van der Waals surface area contributed by atoms with E-state index >= 15 is 0 Å². The molecule has 2 heterocycles. The van der Waals surface area contributed by atoms with Crippen molar-refractivity contribution in [2.75, 3.05) is 24.7 Å². The number of unbranched alkanes of at least 4 members (excludes halogenated alkanes) is 18. The number of aromatic nitrogens is 4. The van der Waals surface area contributed by atoms with E-state index in [0.29, 0.717) is 36.1 Å². The summed E-state index contributed by atoms with van der Waals surface area (Å²) in [6.07, 6.45) is 28.8. The van der Waals surface area contributed by atoms with Gasteiger partial charge in [-0.1, -0.05) is 129 Å². The highest BCUT2D eigenvalue weighted by atomic mass is 16.5. The van der Waals surface area contributed by atoms with Crippen molar-refractivity contribution < 1.29 is 9.47 Å². The standard InChI is InChI=1S/C32H56N6O2/c1-3-5-7-9-11-13-15-17-19-21-23-39-29-27(25-35-31(33)37-29)28-26-36-32(34)38-30(28)40-24-22-20-18-16-14-12-10-8-6-4-2/h25-26H,3-24H2,1-2H3,(H2,33,35,37)(H2,34,36,38). The highest BCUT2D eigenvalue weighted by Crippen LogP contribution is 2.34. The van der Waals surface area contributed by atoms with Crippen LogP contribution in [0.25, 0.3) is 11.1 Å². The summed E-state index contributed by atoms with van der Waals surface area (Å²) in [6, 6.07) is 0. The van der Waals surface area contributed by atoms with Gasteiger partial charge in [-0.15, -0.1) is 0 Å².